The molecule has 0 aliphatic rings. The predicted molar refractivity (Wildman–Crippen MR) is 78.4 cm³/mol. The van der Waals surface area contributed by atoms with E-state index in [1.54, 1.807) is 0 Å². The molecule has 1 aromatic rings. The number of pyridine rings is 1. The Morgan fingerprint density at radius 3 is 2.84 bits per heavy atom. The standard InChI is InChI=1S/C13H21N2O3P/c1-9(2)5-3-4-7-15-13(17)11-12(18-19)10(16)6-8-14-11/h6,8-9H,3-5,7,19H2,1-2H3,(H,14,16)(H,15,17). The molecule has 0 aliphatic heterocycles. The van der Waals surface area contributed by atoms with E-state index in [4.69, 9.17) is 4.52 Å². The number of hydrogen-bond donors (Lipinski definition) is 2. The van der Waals surface area contributed by atoms with Crippen LogP contribution in [0.5, 0.6) is 5.75 Å². The lowest BCUT2D eigenvalue weighted by Gasteiger charge is -2.08. The molecule has 0 spiro atoms. The second-order valence-electron chi connectivity index (χ2n) is 4.81. The fraction of sp³-hybridized carbons (Fsp3) is 0.538. The number of carbonyl (C=O) groups is 1. The Bertz CT molecular complexity index is 471. The average molecular weight is 284 g/mol. The van der Waals surface area contributed by atoms with Gasteiger partial charge in [0.2, 0.25) is 5.43 Å². The number of rotatable bonds is 7. The minimum atomic E-state index is -0.321. The van der Waals surface area contributed by atoms with Gasteiger partial charge in [0.15, 0.2) is 11.4 Å². The normalized spacial score (nSPS) is 10.5. The third-order valence-corrected chi connectivity index (χ3v) is 2.99. The van der Waals surface area contributed by atoms with E-state index in [1.165, 1.54) is 12.3 Å². The molecule has 1 aromatic heterocycles. The Morgan fingerprint density at radius 2 is 2.21 bits per heavy atom. The van der Waals surface area contributed by atoms with Gasteiger partial charge in [-0.25, -0.2) is 0 Å². The van der Waals surface area contributed by atoms with Gasteiger partial charge in [0.1, 0.15) is 0 Å². The topological polar surface area (TPSA) is 71.2 Å². The highest BCUT2D eigenvalue weighted by molar-refractivity contribution is 7.10. The molecule has 0 saturated heterocycles. The molecule has 5 nitrogen and oxygen atoms in total. The van der Waals surface area contributed by atoms with E-state index in [0.717, 1.165) is 19.3 Å². The largest absolute Gasteiger partial charge is 0.474 e. The zero-order valence-corrected chi connectivity index (χ0v) is 12.5. The molecule has 6 heteroatoms. The van der Waals surface area contributed by atoms with Gasteiger partial charge in [-0.15, -0.1) is 0 Å². The Balaban J connectivity index is 2.50. The highest BCUT2D eigenvalue weighted by atomic mass is 31.0. The number of aromatic amines is 1. The number of hydrogen-bond acceptors (Lipinski definition) is 3. The number of aromatic nitrogens is 1. The lowest BCUT2D eigenvalue weighted by molar-refractivity contribution is 0.0946. The van der Waals surface area contributed by atoms with E-state index in [9.17, 15) is 9.59 Å². The van der Waals surface area contributed by atoms with Gasteiger partial charge in [0.25, 0.3) is 5.91 Å². The second-order valence-corrected chi connectivity index (χ2v) is 5.05. The van der Waals surface area contributed by atoms with Crippen LogP contribution in [0.3, 0.4) is 0 Å². The summed E-state index contributed by atoms with van der Waals surface area (Å²) < 4.78 is 4.87. The monoisotopic (exact) mass is 284 g/mol. The lowest BCUT2D eigenvalue weighted by atomic mass is 10.1. The van der Waals surface area contributed by atoms with E-state index < -0.39 is 0 Å². The Hall–Kier alpha value is -1.35. The smallest absolute Gasteiger partial charge is 0.271 e. The fourth-order valence-corrected chi connectivity index (χ4v) is 1.95. The zero-order valence-electron chi connectivity index (χ0n) is 11.4. The van der Waals surface area contributed by atoms with Crippen LogP contribution in [0, 0.1) is 5.92 Å². The van der Waals surface area contributed by atoms with Crippen molar-refractivity contribution >= 4 is 15.4 Å². The van der Waals surface area contributed by atoms with Crippen LogP contribution in [0.15, 0.2) is 17.1 Å². The molecule has 19 heavy (non-hydrogen) atoms. The molecule has 0 bridgehead atoms. The summed E-state index contributed by atoms with van der Waals surface area (Å²) in [5.74, 6) is 0.380. The summed E-state index contributed by atoms with van der Waals surface area (Å²) in [6.07, 6.45) is 4.59. The van der Waals surface area contributed by atoms with Gasteiger partial charge in [-0.3, -0.25) is 9.59 Å². The molecule has 1 heterocycles. The minimum absolute atomic E-state index is 0.0205. The molecular weight excluding hydrogens is 263 g/mol. The van der Waals surface area contributed by atoms with Gasteiger partial charge in [-0.1, -0.05) is 26.7 Å². The summed E-state index contributed by atoms with van der Waals surface area (Å²) in [6, 6.07) is 1.32. The Kier molecular flexibility index (Phi) is 6.57. The van der Waals surface area contributed by atoms with Crippen molar-refractivity contribution in [3.8, 4) is 5.75 Å². The van der Waals surface area contributed by atoms with Crippen molar-refractivity contribution in [3.63, 3.8) is 0 Å². The van der Waals surface area contributed by atoms with Gasteiger partial charge in [0.05, 0.1) is 9.47 Å². The van der Waals surface area contributed by atoms with Crippen LogP contribution in [0.25, 0.3) is 0 Å². The first-order valence-electron chi connectivity index (χ1n) is 6.43. The molecule has 0 aromatic carbocycles. The van der Waals surface area contributed by atoms with Crippen LogP contribution in [0.1, 0.15) is 43.6 Å². The zero-order chi connectivity index (χ0) is 14.3. The maximum absolute atomic E-state index is 11.9. The molecule has 2 N–H and O–H groups in total. The lowest BCUT2D eigenvalue weighted by Crippen LogP contribution is -2.27. The van der Waals surface area contributed by atoms with Gasteiger partial charge >= 0.3 is 0 Å². The van der Waals surface area contributed by atoms with E-state index in [2.05, 4.69) is 24.1 Å². The third-order valence-electron chi connectivity index (χ3n) is 2.75. The van der Waals surface area contributed by atoms with Crippen molar-refractivity contribution in [2.75, 3.05) is 6.54 Å². The molecule has 0 aliphatic carbocycles. The quantitative estimate of drug-likeness (QED) is 0.595. The van der Waals surface area contributed by atoms with E-state index in [0.29, 0.717) is 12.5 Å². The van der Waals surface area contributed by atoms with E-state index in [1.807, 2.05) is 9.47 Å². The molecular formula is C13H21N2O3P. The number of unbranched alkanes of at least 4 members (excludes halogenated alkanes) is 1. The molecule has 1 amide bonds. The highest BCUT2D eigenvalue weighted by Crippen LogP contribution is 2.12. The summed E-state index contributed by atoms with van der Waals surface area (Å²) in [4.78, 5) is 26.1. The Morgan fingerprint density at radius 1 is 1.47 bits per heavy atom. The minimum Gasteiger partial charge on any atom is -0.474 e. The molecule has 1 atom stereocenters. The van der Waals surface area contributed by atoms with Gasteiger partial charge < -0.3 is 14.8 Å². The molecule has 1 unspecified atom stereocenters. The van der Waals surface area contributed by atoms with Crippen molar-refractivity contribution in [3.05, 3.63) is 28.2 Å². The first-order chi connectivity index (χ1) is 9.06. The van der Waals surface area contributed by atoms with E-state index >= 15 is 0 Å². The third kappa shape index (κ3) is 5.03. The van der Waals surface area contributed by atoms with Crippen LogP contribution in [0.2, 0.25) is 0 Å². The number of nitrogens with one attached hydrogen (secondary N) is 2. The van der Waals surface area contributed by atoms with Crippen molar-refractivity contribution in [1.82, 2.24) is 10.3 Å². The van der Waals surface area contributed by atoms with Crippen molar-refractivity contribution in [1.29, 1.82) is 0 Å². The molecule has 0 saturated carbocycles. The number of H-pyrrole nitrogens is 1. The maximum Gasteiger partial charge on any atom is 0.271 e. The Labute approximate surface area is 115 Å². The summed E-state index contributed by atoms with van der Waals surface area (Å²) in [5, 5.41) is 2.78. The fourth-order valence-electron chi connectivity index (χ4n) is 1.72. The van der Waals surface area contributed by atoms with Crippen molar-refractivity contribution in [2.24, 2.45) is 5.92 Å². The molecule has 0 radical (unpaired) electrons. The van der Waals surface area contributed by atoms with E-state index in [-0.39, 0.29) is 22.8 Å². The summed E-state index contributed by atoms with van der Waals surface area (Å²) >= 11 is 0. The highest BCUT2D eigenvalue weighted by Gasteiger charge is 2.14. The molecule has 106 valence electrons. The van der Waals surface area contributed by atoms with Crippen LogP contribution < -0.4 is 15.3 Å². The van der Waals surface area contributed by atoms with Crippen molar-refractivity contribution in [2.45, 2.75) is 33.1 Å². The van der Waals surface area contributed by atoms with Gasteiger partial charge in [0, 0.05) is 18.8 Å². The van der Waals surface area contributed by atoms with Crippen LogP contribution in [0.4, 0.5) is 0 Å². The SMILES string of the molecule is CC(C)CCCCNC(=O)c1[nH]ccc(=O)c1OP. The predicted octanol–water partition coefficient (Wildman–Crippen LogP) is 2.10. The van der Waals surface area contributed by atoms with Gasteiger partial charge in [-0.05, 0) is 12.3 Å². The van der Waals surface area contributed by atoms with Crippen molar-refractivity contribution < 1.29 is 9.32 Å². The first kappa shape index (κ1) is 15.7. The summed E-state index contributed by atoms with van der Waals surface area (Å²) in [5.41, 5.74) is -0.162. The second kappa shape index (κ2) is 7.95. The molecule has 0 fully saturated rings. The van der Waals surface area contributed by atoms with Crippen LogP contribution >= 0.6 is 9.47 Å². The summed E-state index contributed by atoms with van der Waals surface area (Å²) in [6.45, 7) is 4.95. The molecule has 1 rings (SSSR count). The first-order valence-corrected chi connectivity index (χ1v) is 6.90. The maximum atomic E-state index is 11.9. The average Bonchev–Trinajstić information content (AvgIpc) is 2.37. The summed E-state index contributed by atoms with van der Waals surface area (Å²) in [7, 11) is 1.98. The van der Waals surface area contributed by atoms with Crippen LogP contribution in [-0.2, 0) is 0 Å². The number of amides is 1. The van der Waals surface area contributed by atoms with Crippen LogP contribution in [-0.4, -0.2) is 17.4 Å². The number of carbonyl (C=O) groups excluding carboxylic acids is 1. The van der Waals surface area contributed by atoms with Gasteiger partial charge in [-0.2, -0.15) is 0 Å².